The first kappa shape index (κ1) is 12.3. The molecule has 0 spiro atoms. The third-order valence-electron chi connectivity index (χ3n) is 3.13. The molecule has 3 rings (SSSR count). The number of thiophene rings is 1. The van der Waals surface area contributed by atoms with Gasteiger partial charge in [-0.2, -0.15) is 0 Å². The van der Waals surface area contributed by atoms with Gasteiger partial charge >= 0.3 is 0 Å². The lowest BCUT2D eigenvalue weighted by molar-refractivity contribution is -0.124. The normalized spacial score (nSPS) is 23.5. The van der Waals surface area contributed by atoms with Gasteiger partial charge in [0.15, 0.2) is 5.78 Å². The molecule has 1 aliphatic carbocycles. The van der Waals surface area contributed by atoms with Gasteiger partial charge in [0.25, 0.3) is 0 Å². The molecule has 4 heteroatoms. The van der Waals surface area contributed by atoms with Crippen molar-refractivity contribution < 1.29 is 15.0 Å². The SMILES string of the molecule is O=C1C=C(/C=C/c2cc3ccccc3s2)[C@H](O)[C@H]1O. The predicted octanol–water partition coefficient (Wildman–Crippen LogP) is 2.15. The van der Waals surface area contributed by atoms with E-state index >= 15 is 0 Å². The number of carbonyl (C=O) groups is 1. The molecule has 0 unspecified atom stereocenters. The van der Waals surface area contributed by atoms with Crippen LogP contribution in [0, 0.1) is 0 Å². The Morgan fingerprint density at radius 1 is 1.11 bits per heavy atom. The van der Waals surface area contributed by atoms with Crippen LogP contribution in [0.2, 0.25) is 0 Å². The first-order valence-corrected chi connectivity index (χ1v) is 6.75. The highest BCUT2D eigenvalue weighted by Crippen LogP contribution is 2.27. The molecular formula is C15H12O3S. The van der Waals surface area contributed by atoms with Crippen molar-refractivity contribution in [3.63, 3.8) is 0 Å². The Hall–Kier alpha value is -1.75. The molecule has 0 fully saturated rings. The summed E-state index contributed by atoms with van der Waals surface area (Å²) >= 11 is 1.64. The molecule has 1 aromatic heterocycles. The number of hydrogen-bond donors (Lipinski definition) is 2. The summed E-state index contributed by atoms with van der Waals surface area (Å²) in [5, 5.41) is 20.2. The first-order valence-electron chi connectivity index (χ1n) is 5.93. The smallest absolute Gasteiger partial charge is 0.187 e. The van der Waals surface area contributed by atoms with Gasteiger partial charge in [-0.25, -0.2) is 0 Å². The van der Waals surface area contributed by atoms with Crippen LogP contribution in [0.15, 0.2) is 48.1 Å². The van der Waals surface area contributed by atoms with Crippen LogP contribution < -0.4 is 0 Å². The van der Waals surface area contributed by atoms with Crippen LogP contribution in [0.5, 0.6) is 0 Å². The van der Waals surface area contributed by atoms with Crippen molar-refractivity contribution in [3.8, 4) is 0 Å². The van der Waals surface area contributed by atoms with E-state index < -0.39 is 18.0 Å². The maximum absolute atomic E-state index is 11.2. The van der Waals surface area contributed by atoms with Crippen molar-refractivity contribution in [1.29, 1.82) is 0 Å². The van der Waals surface area contributed by atoms with Gasteiger partial charge in [-0.3, -0.25) is 4.79 Å². The van der Waals surface area contributed by atoms with E-state index in [1.54, 1.807) is 17.4 Å². The standard InChI is InChI=1S/C15H12O3S/c16-12-8-10(14(17)15(12)18)5-6-11-7-9-3-1-2-4-13(9)19-11/h1-8,14-15,17-18H/b6-5+/t14-,15-/m0/s1. The van der Waals surface area contributed by atoms with Crippen molar-refractivity contribution in [3.05, 3.63) is 52.9 Å². The van der Waals surface area contributed by atoms with E-state index in [-0.39, 0.29) is 0 Å². The van der Waals surface area contributed by atoms with Gasteiger partial charge in [-0.15, -0.1) is 11.3 Å². The highest BCUT2D eigenvalue weighted by molar-refractivity contribution is 7.19. The third kappa shape index (κ3) is 2.26. The molecule has 2 aromatic rings. The van der Waals surface area contributed by atoms with Crippen LogP contribution in [-0.4, -0.2) is 28.2 Å². The van der Waals surface area contributed by atoms with Gasteiger partial charge in [0.05, 0.1) is 0 Å². The van der Waals surface area contributed by atoms with E-state index in [2.05, 4.69) is 6.07 Å². The van der Waals surface area contributed by atoms with Gasteiger partial charge in [0.2, 0.25) is 0 Å². The number of aliphatic hydroxyl groups excluding tert-OH is 2. The summed E-state index contributed by atoms with van der Waals surface area (Å²) in [6.07, 6.45) is 2.40. The van der Waals surface area contributed by atoms with Gasteiger partial charge in [-0.1, -0.05) is 24.3 Å². The molecule has 96 valence electrons. The molecule has 0 radical (unpaired) electrons. The van der Waals surface area contributed by atoms with Crippen molar-refractivity contribution in [1.82, 2.24) is 0 Å². The molecule has 2 atom stereocenters. The number of ketones is 1. The molecule has 0 aliphatic heterocycles. The second-order valence-electron chi connectivity index (χ2n) is 4.46. The fraction of sp³-hybridized carbons (Fsp3) is 0.133. The predicted molar refractivity (Wildman–Crippen MR) is 76.0 cm³/mol. The quantitative estimate of drug-likeness (QED) is 0.880. The Morgan fingerprint density at radius 2 is 1.89 bits per heavy atom. The Bertz CT molecular complexity index is 663. The molecule has 19 heavy (non-hydrogen) atoms. The molecule has 2 N–H and O–H groups in total. The Labute approximate surface area is 114 Å². The minimum Gasteiger partial charge on any atom is -0.385 e. The lowest BCUT2D eigenvalue weighted by Gasteiger charge is -2.07. The summed E-state index contributed by atoms with van der Waals surface area (Å²) in [7, 11) is 0. The fourth-order valence-corrected chi connectivity index (χ4v) is 3.05. The average molecular weight is 272 g/mol. The number of hydrogen-bond acceptors (Lipinski definition) is 4. The van der Waals surface area contributed by atoms with E-state index in [0.29, 0.717) is 5.57 Å². The summed E-state index contributed by atoms with van der Waals surface area (Å²) in [6.45, 7) is 0. The van der Waals surface area contributed by atoms with Crippen molar-refractivity contribution >= 4 is 33.3 Å². The monoisotopic (exact) mass is 272 g/mol. The van der Waals surface area contributed by atoms with Crippen LogP contribution in [0.3, 0.4) is 0 Å². The van der Waals surface area contributed by atoms with Gasteiger partial charge < -0.3 is 10.2 Å². The van der Waals surface area contributed by atoms with Crippen molar-refractivity contribution in [2.24, 2.45) is 0 Å². The maximum Gasteiger partial charge on any atom is 0.187 e. The Morgan fingerprint density at radius 3 is 2.58 bits per heavy atom. The topological polar surface area (TPSA) is 57.5 Å². The fourth-order valence-electron chi connectivity index (χ4n) is 2.08. The molecule has 0 saturated heterocycles. The average Bonchev–Trinajstić information content (AvgIpc) is 2.93. The Balaban J connectivity index is 1.87. The molecule has 1 aliphatic rings. The lowest BCUT2D eigenvalue weighted by Crippen LogP contribution is -2.27. The molecule has 0 bridgehead atoms. The van der Waals surface area contributed by atoms with Crippen LogP contribution >= 0.6 is 11.3 Å². The van der Waals surface area contributed by atoms with E-state index in [0.717, 1.165) is 4.88 Å². The second-order valence-corrected chi connectivity index (χ2v) is 5.57. The highest BCUT2D eigenvalue weighted by atomic mass is 32.1. The molecule has 0 amide bonds. The van der Waals surface area contributed by atoms with Gasteiger partial charge in [0.1, 0.15) is 12.2 Å². The first-order chi connectivity index (χ1) is 9.15. The number of carbonyl (C=O) groups excluding carboxylic acids is 1. The summed E-state index contributed by atoms with van der Waals surface area (Å²) < 4.78 is 1.19. The third-order valence-corrected chi connectivity index (χ3v) is 4.21. The molecule has 1 heterocycles. The summed E-state index contributed by atoms with van der Waals surface area (Å²) in [5.74, 6) is -0.441. The van der Waals surface area contributed by atoms with Crippen LogP contribution in [0.25, 0.3) is 16.2 Å². The number of fused-ring (bicyclic) bond motifs is 1. The van der Waals surface area contributed by atoms with Gasteiger partial charge in [-0.05, 0) is 35.2 Å². The minimum atomic E-state index is -1.32. The minimum absolute atomic E-state index is 0.441. The zero-order valence-electron chi connectivity index (χ0n) is 9.98. The number of aliphatic hydroxyl groups is 2. The van der Waals surface area contributed by atoms with E-state index in [1.165, 1.54) is 16.2 Å². The van der Waals surface area contributed by atoms with Crippen LogP contribution in [0.1, 0.15) is 4.88 Å². The summed E-state index contributed by atoms with van der Waals surface area (Å²) in [6, 6.07) is 10.1. The van der Waals surface area contributed by atoms with Crippen molar-refractivity contribution in [2.75, 3.05) is 0 Å². The molecule has 1 aromatic carbocycles. The van der Waals surface area contributed by atoms with E-state index in [1.807, 2.05) is 30.3 Å². The van der Waals surface area contributed by atoms with Crippen LogP contribution in [-0.2, 0) is 4.79 Å². The number of benzene rings is 1. The maximum atomic E-state index is 11.2. The Kier molecular flexibility index (Phi) is 3.06. The second kappa shape index (κ2) is 4.74. The van der Waals surface area contributed by atoms with Gasteiger partial charge in [0, 0.05) is 9.58 Å². The van der Waals surface area contributed by atoms with Crippen molar-refractivity contribution in [2.45, 2.75) is 12.2 Å². The zero-order chi connectivity index (χ0) is 13.4. The van der Waals surface area contributed by atoms with Crippen LogP contribution in [0.4, 0.5) is 0 Å². The van der Waals surface area contributed by atoms with E-state index in [9.17, 15) is 15.0 Å². The lowest BCUT2D eigenvalue weighted by atomic mass is 10.1. The van der Waals surface area contributed by atoms with E-state index in [4.69, 9.17) is 0 Å². The largest absolute Gasteiger partial charge is 0.385 e. The highest BCUT2D eigenvalue weighted by Gasteiger charge is 2.31. The zero-order valence-corrected chi connectivity index (χ0v) is 10.8. The summed E-state index contributed by atoms with van der Waals surface area (Å²) in [5.41, 5.74) is 0.454. The molecular weight excluding hydrogens is 260 g/mol. The molecule has 0 saturated carbocycles. The number of rotatable bonds is 2. The summed E-state index contributed by atoms with van der Waals surface area (Å²) in [4.78, 5) is 12.3. The molecule has 3 nitrogen and oxygen atoms in total.